The van der Waals surface area contributed by atoms with E-state index in [1.54, 1.807) is 30.3 Å². The summed E-state index contributed by atoms with van der Waals surface area (Å²) in [7, 11) is 3.93. The summed E-state index contributed by atoms with van der Waals surface area (Å²) in [5.74, 6) is 0. The van der Waals surface area contributed by atoms with Crippen molar-refractivity contribution in [2.75, 3.05) is 19.0 Å². The molecular weight excluding hydrogens is 466 g/mol. The molecule has 0 unspecified atom stereocenters. The average molecular weight is 484 g/mol. The SMILES string of the molecule is CN(C)c1ccc(/C(Cl)=C/c2ccc3c(=C(C#N)C#N)c4ccccc4c(=C(C#N)C#N)c3c2)cc1. The average Bonchev–Trinajstić information content (AvgIpc) is 2.90. The highest BCUT2D eigenvalue weighted by atomic mass is 35.5. The Morgan fingerprint density at radius 3 is 1.69 bits per heavy atom. The first kappa shape index (κ1) is 24.1. The van der Waals surface area contributed by atoms with Gasteiger partial charge >= 0.3 is 0 Å². The van der Waals surface area contributed by atoms with Crippen molar-refractivity contribution in [3.63, 3.8) is 0 Å². The van der Waals surface area contributed by atoms with Gasteiger partial charge < -0.3 is 4.90 Å². The minimum Gasteiger partial charge on any atom is -0.378 e. The maximum Gasteiger partial charge on any atom is 0.138 e. The van der Waals surface area contributed by atoms with Crippen molar-refractivity contribution in [3.8, 4) is 24.3 Å². The molecule has 0 fully saturated rings. The fourth-order valence-electron chi connectivity index (χ4n) is 4.25. The molecule has 4 aromatic rings. The number of hydrogen-bond donors (Lipinski definition) is 0. The van der Waals surface area contributed by atoms with Crippen LogP contribution < -0.4 is 15.3 Å². The van der Waals surface area contributed by atoms with Gasteiger partial charge in [0.1, 0.15) is 35.4 Å². The smallest absolute Gasteiger partial charge is 0.138 e. The predicted molar refractivity (Wildman–Crippen MR) is 144 cm³/mol. The second-order valence-corrected chi connectivity index (χ2v) is 8.64. The summed E-state index contributed by atoms with van der Waals surface area (Å²) in [6.45, 7) is 0. The van der Waals surface area contributed by atoms with Crippen molar-refractivity contribution >= 4 is 61.1 Å². The highest BCUT2D eigenvalue weighted by Gasteiger charge is 2.13. The number of benzene rings is 4. The monoisotopic (exact) mass is 483 g/mol. The normalized spacial score (nSPS) is 10.7. The van der Waals surface area contributed by atoms with Gasteiger partial charge in [-0.25, -0.2) is 0 Å². The van der Waals surface area contributed by atoms with E-state index in [-0.39, 0.29) is 11.1 Å². The molecule has 0 aliphatic heterocycles. The molecular formula is C30H18ClN5. The topological polar surface area (TPSA) is 98.4 Å². The molecule has 0 atom stereocenters. The lowest BCUT2D eigenvalue weighted by Gasteiger charge is -2.12. The molecule has 0 saturated carbocycles. The van der Waals surface area contributed by atoms with Gasteiger partial charge in [0, 0.05) is 35.3 Å². The fourth-order valence-corrected chi connectivity index (χ4v) is 4.50. The number of anilines is 1. The quantitative estimate of drug-likeness (QED) is 0.295. The molecule has 170 valence electrons. The van der Waals surface area contributed by atoms with Crippen LogP contribution >= 0.6 is 11.6 Å². The van der Waals surface area contributed by atoms with Crippen LogP contribution in [0.4, 0.5) is 5.69 Å². The molecule has 0 bridgehead atoms. The van der Waals surface area contributed by atoms with Crippen LogP contribution in [0.15, 0.2) is 66.7 Å². The van der Waals surface area contributed by atoms with Crippen LogP contribution in [-0.2, 0) is 0 Å². The van der Waals surface area contributed by atoms with Gasteiger partial charge in [-0.2, -0.15) is 21.0 Å². The second kappa shape index (κ2) is 10.0. The van der Waals surface area contributed by atoms with E-state index in [2.05, 4.69) is 0 Å². The first-order valence-electron chi connectivity index (χ1n) is 10.9. The van der Waals surface area contributed by atoms with Crippen LogP contribution in [0.1, 0.15) is 11.1 Å². The van der Waals surface area contributed by atoms with Gasteiger partial charge in [0.2, 0.25) is 0 Å². The minimum absolute atomic E-state index is 0.0412. The third-order valence-electron chi connectivity index (χ3n) is 5.95. The van der Waals surface area contributed by atoms with Crippen LogP contribution in [0.3, 0.4) is 0 Å². The minimum atomic E-state index is -0.0512. The Bertz CT molecular complexity index is 1820. The van der Waals surface area contributed by atoms with Gasteiger partial charge in [0.25, 0.3) is 0 Å². The van der Waals surface area contributed by atoms with E-state index in [1.165, 1.54) is 0 Å². The molecule has 0 amide bonds. The third kappa shape index (κ3) is 4.24. The van der Waals surface area contributed by atoms with E-state index in [1.807, 2.05) is 85.7 Å². The van der Waals surface area contributed by atoms with E-state index in [4.69, 9.17) is 11.6 Å². The third-order valence-corrected chi connectivity index (χ3v) is 6.28. The molecule has 4 rings (SSSR count). The number of nitriles is 4. The zero-order valence-electron chi connectivity index (χ0n) is 19.5. The van der Waals surface area contributed by atoms with Crippen LogP contribution in [0.2, 0.25) is 0 Å². The standard InChI is InChI=1S/C30H18ClN5/c1-36(2)23-10-8-20(9-11-23)28(31)14-19-7-12-26-27(13-19)30(22(17-34)18-35)25-6-4-3-5-24(25)29(26)21(15-32)16-33/h3-14H,1-2H3/b28-14-. The van der Waals surface area contributed by atoms with E-state index in [0.717, 1.165) is 16.8 Å². The maximum absolute atomic E-state index is 9.74. The van der Waals surface area contributed by atoms with Crippen LogP contribution in [-0.4, -0.2) is 14.1 Å². The lowest BCUT2D eigenvalue weighted by molar-refractivity contribution is 1.13. The lowest BCUT2D eigenvalue weighted by Crippen LogP contribution is -2.18. The summed E-state index contributed by atoms with van der Waals surface area (Å²) in [5.41, 5.74) is 2.55. The Hall–Kier alpha value is -5.07. The molecule has 0 heterocycles. The number of rotatable bonds is 3. The number of nitrogens with zero attached hydrogens (tertiary/aromatic N) is 5. The van der Waals surface area contributed by atoms with E-state index in [0.29, 0.717) is 37.0 Å². The highest BCUT2D eigenvalue weighted by molar-refractivity contribution is 6.51. The number of fused-ring (bicyclic) bond motifs is 2. The zero-order valence-corrected chi connectivity index (χ0v) is 20.3. The molecule has 0 spiro atoms. The Labute approximate surface area is 213 Å². The van der Waals surface area contributed by atoms with Gasteiger partial charge in [-0.15, -0.1) is 0 Å². The van der Waals surface area contributed by atoms with Gasteiger partial charge in [0.15, 0.2) is 0 Å². The summed E-state index contributed by atoms with van der Waals surface area (Å²) < 4.78 is 0. The van der Waals surface area contributed by atoms with E-state index < -0.39 is 0 Å². The van der Waals surface area contributed by atoms with Crippen LogP contribution in [0.25, 0.3) is 43.8 Å². The highest BCUT2D eigenvalue weighted by Crippen LogP contribution is 2.26. The second-order valence-electron chi connectivity index (χ2n) is 8.23. The number of halogens is 1. The Morgan fingerprint density at radius 2 is 1.19 bits per heavy atom. The van der Waals surface area contributed by atoms with Gasteiger partial charge in [-0.05, 0) is 56.9 Å². The lowest BCUT2D eigenvalue weighted by atomic mass is 9.92. The van der Waals surface area contributed by atoms with Crippen molar-refractivity contribution in [2.24, 2.45) is 0 Å². The summed E-state index contributed by atoms with van der Waals surface area (Å²) >= 11 is 6.65. The molecule has 0 N–H and O–H groups in total. The molecule has 0 radical (unpaired) electrons. The Balaban J connectivity index is 2.11. The molecule has 0 aliphatic rings. The predicted octanol–water partition coefficient (Wildman–Crippen LogP) is 5.19. The molecule has 4 aromatic carbocycles. The van der Waals surface area contributed by atoms with Crippen molar-refractivity contribution in [1.29, 1.82) is 21.0 Å². The van der Waals surface area contributed by atoms with Gasteiger partial charge in [-0.3, -0.25) is 0 Å². The van der Waals surface area contributed by atoms with Crippen molar-refractivity contribution in [3.05, 3.63) is 88.3 Å². The first-order chi connectivity index (χ1) is 17.4. The van der Waals surface area contributed by atoms with Crippen molar-refractivity contribution in [1.82, 2.24) is 0 Å². The first-order valence-corrected chi connectivity index (χ1v) is 11.3. The molecule has 6 heteroatoms. The van der Waals surface area contributed by atoms with Crippen molar-refractivity contribution < 1.29 is 0 Å². The fraction of sp³-hybridized carbons (Fsp3) is 0.0667. The summed E-state index contributed by atoms with van der Waals surface area (Å²) in [6, 6.07) is 28.5. The molecule has 0 aromatic heterocycles. The van der Waals surface area contributed by atoms with Crippen LogP contribution in [0, 0.1) is 45.3 Å². The summed E-state index contributed by atoms with van der Waals surface area (Å²) in [4.78, 5) is 2.00. The van der Waals surface area contributed by atoms with Gasteiger partial charge in [0.05, 0.1) is 0 Å². The number of hydrogen-bond acceptors (Lipinski definition) is 5. The van der Waals surface area contributed by atoms with Crippen LogP contribution in [0.5, 0.6) is 0 Å². The Kier molecular flexibility index (Phi) is 6.72. The summed E-state index contributed by atoms with van der Waals surface area (Å²) in [6.07, 6.45) is 1.81. The largest absolute Gasteiger partial charge is 0.378 e. The van der Waals surface area contributed by atoms with Crippen molar-refractivity contribution in [2.45, 2.75) is 0 Å². The summed E-state index contributed by atoms with van der Waals surface area (Å²) in [5, 5.41) is 42.7. The molecule has 0 saturated heterocycles. The van der Waals surface area contributed by atoms with E-state index >= 15 is 0 Å². The van der Waals surface area contributed by atoms with E-state index in [9.17, 15) is 21.0 Å². The molecule has 0 aliphatic carbocycles. The molecule has 36 heavy (non-hydrogen) atoms. The Morgan fingerprint density at radius 1 is 0.694 bits per heavy atom. The van der Waals surface area contributed by atoms with Gasteiger partial charge in [-0.1, -0.05) is 60.1 Å². The maximum atomic E-state index is 9.74. The zero-order chi connectivity index (χ0) is 25.8. The molecule has 5 nitrogen and oxygen atoms in total.